The zero-order chi connectivity index (χ0) is 34.2. The van der Waals surface area contributed by atoms with E-state index in [0.717, 1.165) is 29.2 Å². The van der Waals surface area contributed by atoms with E-state index in [0.29, 0.717) is 42.6 Å². The fourth-order valence-electron chi connectivity index (χ4n) is 5.09. The second-order valence-corrected chi connectivity index (χ2v) is 20.1. The van der Waals surface area contributed by atoms with E-state index in [1.165, 1.54) is 0 Å². The summed E-state index contributed by atoms with van der Waals surface area (Å²) in [6, 6.07) is 9.96. The first-order chi connectivity index (χ1) is 21.2. The lowest BCUT2D eigenvalue weighted by Crippen LogP contribution is -2.46. The number of ether oxygens (including phenoxy) is 1. The Morgan fingerprint density at radius 3 is 2.48 bits per heavy atom. The molecule has 1 aliphatic heterocycles. The summed E-state index contributed by atoms with van der Waals surface area (Å²) in [5, 5.41) is 18.4. The second kappa shape index (κ2) is 12.8. The fraction of sp³-hybridized carbons (Fsp3) is 0.559. The molecular weight excluding hydrogens is 597 g/mol. The first-order valence-electron chi connectivity index (χ1n) is 15.8. The number of nitriles is 1. The summed E-state index contributed by atoms with van der Waals surface area (Å²) >= 11 is 0. The van der Waals surface area contributed by atoms with Gasteiger partial charge in [0.15, 0.2) is 8.32 Å². The number of nitrogens with one attached hydrogen (secondary N) is 1. The Balaban J connectivity index is 1.76. The summed E-state index contributed by atoms with van der Waals surface area (Å²) < 4.78 is 14.5. The van der Waals surface area contributed by atoms with Crippen molar-refractivity contribution in [2.24, 2.45) is 0 Å². The first kappa shape index (κ1) is 35.1. The molecule has 0 spiro atoms. The lowest BCUT2D eigenvalue weighted by atomic mass is 9.83. The Hall–Kier alpha value is -3.79. The van der Waals surface area contributed by atoms with Gasteiger partial charge in [-0.05, 0) is 83.7 Å². The van der Waals surface area contributed by atoms with Gasteiger partial charge < -0.3 is 19.4 Å². The predicted molar refractivity (Wildman–Crippen MR) is 185 cm³/mol. The molecule has 1 aromatic carbocycles. The average Bonchev–Trinajstić information content (AvgIpc) is 3.45. The van der Waals surface area contributed by atoms with Crippen LogP contribution in [0.2, 0.25) is 18.1 Å². The molecule has 3 aromatic rings. The van der Waals surface area contributed by atoms with Crippen LogP contribution in [0.5, 0.6) is 0 Å². The zero-order valence-electron chi connectivity index (χ0n) is 29.6. The number of hydrogen-bond acceptors (Lipinski definition) is 9. The van der Waals surface area contributed by atoms with Gasteiger partial charge in [-0.15, -0.1) is 0 Å². The molecule has 0 saturated heterocycles. The molecule has 3 heterocycles. The molecule has 1 atom stereocenters. The number of carbonyl (C=O) groups excluding carboxylic acids is 1. The summed E-state index contributed by atoms with van der Waals surface area (Å²) in [5.74, 6) is 1.22. The van der Waals surface area contributed by atoms with Crippen LogP contribution < -0.4 is 10.2 Å². The smallest absolute Gasteiger partial charge is 0.414 e. The summed E-state index contributed by atoms with van der Waals surface area (Å²) in [6.45, 7) is 22.9. The van der Waals surface area contributed by atoms with Crippen molar-refractivity contribution in [3.05, 3.63) is 47.3 Å². The molecule has 4 rings (SSSR count). The van der Waals surface area contributed by atoms with Crippen molar-refractivity contribution >= 4 is 31.9 Å². The highest BCUT2D eigenvalue weighted by Gasteiger charge is 2.47. The van der Waals surface area contributed by atoms with Gasteiger partial charge in [-0.3, -0.25) is 4.90 Å². The molecule has 0 radical (unpaired) electrons. The Labute approximate surface area is 275 Å². The maximum atomic E-state index is 13.5. The minimum atomic E-state index is -2.13. The number of fused-ring (bicyclic) bond motifs is 1. The van der Waals surface area contributed by atoms with Crippen molar-refractivity contribution in [3.63, 3.8) is 0 Å². The van der Waals surface area contributed by atoms with Crippen LogP contribution in [0.3, 0.4) is 0 Å². The Morgan fingerprint density at radius 1 is 1.17 bits per heavy atom. The van der Waals surface area contributed by atoms with Crippen molar-refractivity contribution in [2.45, 2.75) is 91.1 Å². The third kappa shape index (κ3) is 7.77. The van der Waals surface area contributed by atoms with E-state index in [-0.39, 0.29) is 5.04 Å². The summed E-state index contributed by atoms with van der Waals surface area (Å²) in [5.41, 5.74) is 2.81. The van der Waals surface area contributed by atoms with E-state index in [1.807, 2.05) is 64.7 Å². The molecule has 0 aliphatic carbocycles. The second-order valence-electron chi connectivity index (χ2n) is 15.3. The Morgan fingerprint density at radius 2 is 1.87 bits per heavy atom. The van der Waals surface area contributed by atoms with Crippen molar-refractivity contribution in [3.8, 4) is 17.3 Å². The summed E-state index contributed by atoms with van der Waals surface area (Å²) in [6.07, 6.45) is 1.22. The number of anilines is 3. The molecule has 1 aliphatic rings. The van der Waals surface area contributed by atoms with E-state index >= 15 is 0 Å². The van der Waals surface area contributed by atoms with Gasteiger partial charge >= 0.3 is 6.09 Å². The van der Waals surface area contributed by atoms with Crippen LogP contribution in [0, 0.1) is 18.3 Å². The van der Waals surface area contributed by atoms with E-state index in [4.69, 9.17) is 14.1 Å². The van der Waals surface area contributed by atoms with Gasteiger partial charge in [0, 0.05) is 42.9 Å². The van der Waals surface area contributed by atoms with Crippen molar-refractivity contribution < 1.29 is 14.0 Å². The number of aromatic nitrogens is 4. The maximum Gasteiger partial charge on any atom is 0.414 e. The van der Waals surface area contributed by atoms with Gasteiger partial charge in [-0.25, -0.2) is 19.4 Å². The van der Waals surface area contributed by atoms with Crippen LogP contribution in [0.25, 0.3) is 11.3 Å². The summed E-state index contributed by atoms with van der Waals surface area (Å²) in [4.78, 5) is 26.6. The maximum absolute atomic E-state index is 13.5. The van der Waals surface area contributed by atoms with Gasteiger partial charge in [0.25, 0.3) is 0 Å². The predicted octanol–water partition coefficient (Wildman–Crippen LogP) is 6.86. The van der Waals surface area contributed by atoms with Crippen LogP contribution in [-0.4, -0.2) is 78.5 Å². The molecule has 0 bridgehead atoms. The molecule has 0 saturated carbocycles. The highest BCUT2D eigenvalue weighted by atomic mass is 28.4. The molecule has 0 unspecified atom stereocenters. The number of hydrogen-bond donors (Lipinski definition) is 1. The fourth-order valence-corrected chi connectivity index (χ4v) is 6.20. The number of likely N-dealkylation sites (N-methyl/N-ethyl adjacent to an activating group) is 1. The minimum Gasteiger partial charge on any atom is -0.443 e. The monoisotopic (exact) mass is 646 g/mol. The van der Waals surface area contributed by atoms with E-state index < -0.39 is 25.4 Å². The van der Waals surface area contributed by atoms with Crippen molar-refractivity contribution in [1.29, 1.82) is 5.26 Å². The SMILES string of the molecule is Cc1cc(Nc2nccc(-c3cc(C#N)c4c(c3)[C@](C)(CO[Si](C)(C)C(C)(C)C)CN4C(=O)OC(C)(C)C)n2)n(CCN(C)C)n1. The number of aryl methyl sites for hydroxylation is 1. The third-order valence-corrected chi connectivity index (χ3v) is 13.2. The molecule has 1 N–H and O–H groups in total. The van der Waals surface area contributed by atoms with Gasteiger partial charge in [0.1, 0.15) is 17.5 Å². The third-order valence-electron chi connectivity index (χ3n) is 8.68. The van der Waals surface area contributed by atoms with Crippen LogP contribution in [-0.2, 0) is 21.1 Å². The van der Waals surface area contributed by atoms with Crippen molar-refractivity contribution in [2.75, 3.05) is 44.0 Å². The van der Waals surface area contributed by atoms with E-state index in [2.05, 4.69) is 67.2 Å². The van der Waals surface area contributed by atoms with Gasteiger partial charge in [0.2, 0.25) is 5.95 Å². The topological polar surface area (TPSA) is 121 Å². The largest absolute Gasteiger partial charge is 0.443 e. The molecule has 0 fully saturated rings. The van der Waals surface area contributed by atoms with Gasteiger partial charge in [0.05, 0.1) is 29.2 Å². The van der Waals surface area contributed by atoms with Crippen LogP contribution >= 0.6 is 0 Å². The lowest BCUT2D eigenvalue weighted by molar-refractivity contribution is 0.0575. The number of nitrogens with zero attached hydrogens (tertiary/aromatic N) is 7. The van der Waals surface area contributed by atoms with Gasteiger partial charge in [-0.1, -0.05) is 27.7 Å². The molecule has 46 heavy (non-hydrogen) atoms. The molecule has 2 aromatic heterocycles. The molecule has 1 amide bonds. The van der Waals surface area contributed by atoms with Crippen LogP contribution in [0.1, 0.15) is 65.3 Å². The number of amides is 1. The highest BCUT2D eigenvalue weighted by Crippen LogP contribution is 2.47. The molecule has 11 nitrogen and oxygen atoms in total. The minimum absolute atomic E-state index is 0.0139. The first-order valence-corrected chi connectivity index (χ1v) is 18.7. The van der Waals surface area contributed by atoms with Crippen molar-refractivity contribution in [1.82, 2.24) is 24.6 Å². The normalized spacial score (nSPS) is 16.8. The average molecular weight is 647 g/mol. The molecule has 12 heteroatoms. The van der Waals surface area contributed by atoms with Gasteiger partial charge in [-0.2, -0.15) is 10.4 Å². The highest BCUT2D eigenvalue weighted by molar-refractivity contribution is 6.74. The molecule has 248 valence electrons. The number of carbonyl (C=O) groups is 1. The zero-order valence-corrected chi connectivity index (χ0v) is 30.6. The lowest BCUT2D eigenvalue weighted by Gasteiger charge is -2.39. The van der Waals surface area contributed by atoms with Crippen LogP contribution in [0.15, 0.2) is 30.5 Å². The number of benzene rings is 1. The Bertz CT molecular complexity index is 1630. The Kier molecular flexibility index (Phi) is 9.74. The van der Waals surface area contributed by atoms with E-state index in [1.54, 1.807) is 17.2 Å². The number of rotatable bonds is 9. The summed E-state index contributed by atoms with van der Waals surface area (Å²) in [7, 11) is 1.93. The van der Waals surface area contributed by atoms with Crippen LogP contribution in [0.4, 0.5) is 22.2 Å². The standard InChI is InChI=1S/C34H50N8O3Si/c1-23-17-28(42(39-23)16-15-40(9)10)38-30-36-14-13-27(37-30)24-18-25(20-35)29-26(19-24)34(8,22-44-46(11,12)33(5,6)7)21-41(29)31(43)45-32(2,3)4/h13-14,17-19H,15-16,21-22H2,1-12H3,(H,36,37,38)/t34-/m0/s1. The molecular formula is C34H50N8O3Si. The van der Waals surface area contributed by atoms with E-state index in [9.17, 15) is 10.1 Å². The quantitative estimate of drug-likeness (QED) is 0.249.